The Balaban J connectivity index is 2.16. The van der Waals surface area contributed by atoms with Crippen LogP contribution in [0.2, 0.25) is 0 Å². The number of para-hydroxylation sites is 1. The normalized spacial score (nSPS) is 12.2. The van der Waals surface area contributed by atoms with Gasteiger partial charge in [-0.15, -0.1) is 0 Å². The van der Waals surface area contributed by atoms with Crippen molar-refractivity contribution >= 4 is 21.7 Å². The van der Waals surface area contributed by atoms with Crippen molar-refractivity contribution in [2.45, 2.75) is 32.8 Å². The molecule has 0 N–H and O–H groups in total. The molecule has 0 spiro atoms. The molecule has 2 nitrogen and oxygen atoms in total. The fraction of sp³-hybridized carbons (Fsp3) is 0.278. The van der Waals surface area contributed by atoms with Crippen LogP contribution < -0.4 is 4.74 Å². The Morgan fingerprint density at radius 3 is 2.24 bits per heavy atom. The van der Waals surface area contributed by atoms with E-state index >= 15 is 0 Å². The van der Waals surface area contributed by atoms with Gasteiger partial charge in [0.2, 0.25) is 5.78 Å². The summed E-state index contributed by atoms with van der Waals surface area (Å²) < 4.78 is 6.85. The number of ether oxygens (including phenoxy) is 1. The Morgan fingerprint density at radius 2 is 1.62 bits per heavy atom. The number of carbonyl (C=O) groups excluding carboxylic acids is 1. The summed E-state index contributed by atoms with van der Waals surface area (Å²) in [5, 5.41) is 0. The molecule has 0 radical (unpaired) electrons. The van der Waals surface area contributed by atoms with Crippen molar-refractivity contribution in [2.24, 2.45) is 0 Å². The smallest absolute Gasteiger partial charge is 0.202 e. The standard InChI is InChI=1S/C18H19BrO2/c1-12(2)16-6-4-5-7-17(16)21-13(3)18(20)14-8-10-15(19)11-9-14/h4-13H,1-3H3. The van der Waals surface area contributed by atoms with Crippen LogP contribution in [0.25, 0.3) is 0 Å². The molecule has 1 unspecified atom stereocenters. The van der Waals surface area contributed by atoms with E-state index in [-0.39, 0.29) is 5.78 Å². The summed E-state index contributed by atoms with van der Waals surface area (Å²) in [4.78, 5) is 12.4. The Hall–Kier alpha value is -1.61. The fourth-order valence-corrected chi connectivity index (χ4v) is 2.42. The van der Waals surface area contributed by atoms with E-state index in [1.807, 2.05) is 36.4 Å². The minimum Gasteiger partial charge on any atom is -0.482 e. The quantitative estimate of drug-likeness (QED) is 0.693. The lowest BCUT2D eigenvalue weighted by Gasteiger charge is -2.18. The summed E-state index contributed by atoms with van der Waals surface area (Å²) in [7, 11) is 0. The number of halogens is 1. The predicted octanol–water partition coefficient (Wildman–Crippen LogP) is 5.22. The van der Waals surface area contributed by atoms with E-state index in [1.165, 1.54) is 0 Å². The molecule has 0 aliphatic rings. The van der Waals surface area contributed by atoms with E-state index in [0.717, 1.165) is 15.8 Å². The van der Waals surface area contributed by atoms with Gasteiger partial charge in [-0.25, -0.2) is 0 Å². The molecular formula is C18H19BrO2. The van der Waals surface area contributed by atoms with E-state index < -0.39 is 6.10 Å². The van der Waals surface area contributed by atoms with Gasteiger partial charge in [-0.05, 0) is 36.6 Å². The van der Waals surface area contributed by atoms with Crippen molar-refractivity contribution in [2.75, 3.05) is 0 Å². The van der Waals surface area contributed by atoms with E-state index in [4.69, 9.17) is 4.74 Å². The lowest BCUT2D eigenvalue weighted by molar-refractivity contribution is 0.0816. The van der Waals surface area contributed by atoms with Crippen LogP contribution in [0.5, 0.6) is 5.75 Å². The topological polar surface area (TPSA) is 26.3 Å². The number of rotatable bonds is 5. The molecular weight excluding hydrogens is 328 g/mol. The molecule has 0 heterocycles. The average Bonchev–Trinajstić information content (AvgIpc) is 2.47. The lowest BCUT2D eigenvalue weighted by atomic mass is 10.0. The highest BCUT2D eigenvalue weighted by molar-refractivity contribution is 9.10. The van der Waals surface area contributed by atoms with Gasteiger partial charge in [-0.1, -0.05) is 60.1 Å². The van der Waals surface area contributed by atoms with Gasteiger partial charge in [-0.2, -0.15) is 0 Å². The number of hydrogen-bond acceptors (Lipinski definition) is 2. The molecule has 0 aliphatic heterocycles. The molecule has 0 saturated carbocycles. The second-order valence-electron chi connectivity index (χ2n) is 5.32. The van der Waals surface area contributed by atoms with Crippen LogP contribution >= 0.6 is 15.9 Å². The van der Waals surface area contributed by atoms with Crippen LogP contribution in [0.3, 0.4) is 0 Å². The van der Waals surface area contributed by atoms with Gasteiger partial charge in [0.05, 0.1) is 0 Å². The number of carbonyl (C=O) groups is 1. The Labute approximate surface area is 134 Å². The van der Waals surface area contributed by atoms with Gasteiger partial charge >= 0.3 is 0 Å². The molecule has 0 bridgehead atoms. The van der Waals surface area contributed by atoms with Crippen LogP contribution in [0, 0.1) is 0 Å². The van der Waals surface area contributed by atoms with Crippen molar-refractivity contribution in [1.29, 1.82) is 0 Å². The molecule has 2 rings (SSSR count). The fourth-order valence-electron chi connectivity index (χ4n) is 2.16. The lowest BCUT2D eigenvalue weighted by Crippen LogP contribution is -2.24. The molecule has 0 saturated heterocycles. The van der Waals surface area contributed by atoms with E-state index in [0.29, 0.717) is 11.5 Å². The summed E-state index contributed by atoms with van der Waals surface area (Å²) >= 11 is 3.37. The third-order valence-corrected chi connectivity index (χ3v) is 3.87. The van der Waals surface area contributed by atoms with Gasteiger partial charge in [-0.3, -0.25) is 4.79 Å². The van der Waals surface area contributed by atoms with Crippen molar-refractivity contribution < 1.29 is 9.53 Å². The highest BCUT2D eigenvalue weighted by Crippen LogP contribution is 2.27. The Kier molecular flexibility index (Phi) is 5.18. The Bertz CT molecular complexity index is 617. The maximum absolute atomic E-state index is 12.4. The monoisotopic (exact) mass is 346 g/mol. The third kappa shape index (κ3) is 3.94. The number of benzene rings is 2. The molecule has 0 aliphatic carbocycles. The number of hydrogen-bond donors (Lipinski definition) is 0. The largest absolute Gasteiger partial charge is 0.482 e. The minimum absolute atomic E-state index is 0.0129. The maximum atomic E-state index is 12.4. The van der Waals surface area contributed by atoms with Crippen molar-refractivity contribution in [3.05, 3.63) is 64.1 Å². The molecule has 2 aromatic carbocycles. The zero-order chi connectivity index (χ0) is 15.4. The third-order valence-electron chi connectivity index (χ3n) is 3.34. The van der Waals surface area contributed by atoms with Crippen LogP contribution in [0.1, 0.15) is 42.6 Å². The molecule has 0 fully saturated rings. The van der Waals surface area contributed by atoms with Gasteiger partial charge in [0.15, 0.2) is 6.10 Å². The van der Waals surface area contributed by atoms with Crippen molar-refractivity contribution in [1.82, 2.24) is 0 Å². The second kappa shape index (κ2) is 6.90. The molecule has 0 aromatic heterocycles. The van der Waals surface area contributed by atoms with Crippen LogP contribution in [-0.2, 0) is 0 Å². The van der Waals surface area contributed by atoms with E-state index in [1.54, 1.807) is 19.1 Å². The van der Waals surface area contributed by atoms with Crippen LogP contribution in [-0.4, -0.2) is 11.9 Å². The zero-order valence-electron chi connectivity index (χ0n) is 12.5. The van der Waals surface area contributed by atoms with Gasteiger partial charge in [0, 0.05) is 10.0 Å². The second-order valence-corrected chi connectivity index (χ2v) is 6.24. The molecule has 2 aromatic rings. The summed E-state index contributed by atoms with van der Waals surface area (Å²) in [5.41, 5.74) is 1.78. The van der Waals surface area contributed by atoms with E-state index in [2.05, 4.69) is 29.8 Å². The highest BCUT2D eigenvalue weighted by Gasteiger charge is 2.18. The summed E-state index contributed by atoms with van der Waals surface area (Å²) in [6.07, 6.45) is -0.508. The summed E-state index contributed by atoms with van der Waals surface area (Å²) in [6, 6.07) is 15.2. The zero-order valence-corrected chi connectivity index (χ0v) is 14.1. The SMILES string of the molecule is CC(Oc1ccccc1C(C)C)C(=O)c1ccc(Br)cc1. The number of Topliss-reactive ketones (excluding diaryl/α,β-unsaturated/α-hetero) is 1. The molecule has 3 heteroatoms. The maximum Gasteiger partial charge on any atom is 0.202 e. The van der Waals surface area contributed by atoms with Crippen molar-refractivity contribution in [3.63, 3.8) is 0 Å². The van der Waals surface area contributed by atoms with Gasteiger partial charge in [0.1, 0.15) is 5.75 Å². The summed E-state index contributed by atoms with van der Waals surface area (Å²) in [5.74, 6) is 1.13. The minimum atomic E-state index is -0.508. The average molecular weight is 347 g/mol. The molecule has 0 amide bonds. The van der Waals surface area contributed by atoms with Crippen LogP contribution in [0.15, 0.2) is 53.0 Å². The van der Waals surface area contributed by atoms with E-state index in [9.17, 15) is 4.79 Å². The molecule has 21 heavy (non-hydrogen) atoms. The number of ketones is 1. The molecule has 1 atom stereocenters. The van der Waals surface area contributed by atoms with Crippen LogP contribution in [0.4, 0.5) is 0 Å². The van der Waals surface area contributed by atoms with Gasteiger partial charge in [0.25, 0.3) is 0 Å². The first-order chi connectivity index (χ1) is 9.99. The van der Waals surface area contributed by atoms with Crippen molar-refractivity contribution in [3.8, 4) is 5.75 Å². The first kappa shape index (κ1) is 15.8. The Morgan fingerprint density at radius 1 is 1.00 bits per heavy atom. The first-order valence-electron chi connectivity index (χ1n) is 7.04. The predicted molar refractivity (Wildman–Crippen MR) is 89.1 cm³/mol. The molecule has 110 valence electrons. The first-order valence-corrected chi connectivity index (χ1v) is 7.83. The summed E-state index contributed by atoms with van der Waals surface area (Å²) in [6.45, 7) is 6.02. The van der Waals surface area contributed by atoms with Gasteiger partial charge < -0.3 is 4.74 Å². The highest BCUT2D eigenvalue weighted by atomic mass is 79.9.